The van der Waals surface area contributed by atoms with Crippen molar-refractivity contribution >= 4 is 40.0 Å². The van der Waals surface area contributed by atoms with Crippen LogP contribution in [0.25, 0.3) is 0 Å². The zero-order valence-corrected chi connectivity index (χ0v) is 15.7. The lowest BCUT2D eigenvalue weighted by atomic mass is 10.2. The van der Waals surface area contributed by atoms with E-state index in [4.69, 9.17) is 6.42 Å². The van der Waals surface area contributed by atoms with E-state index in [1.165, 1.54) is 7.05 Å². The SMILES string of the molecule is C#CCNC(=NCc1ccc(S(=O)(=O)NC)cc1)NCC.I. The second-order valence-corrected chi connectivity index (χ2v) is 5.99. The van der Waals surface area contributed by atoms with Crippen LogP contribution >= 0.6 is 24.0 Å². The van der Waals surface area contributed by atoms with Crippen molar-refractivity contribution in [1.82, 2.24) is 15.4 Å². The van der Waals surface area contributed by atoms with Crippen LogP contribution in [0, 0.1) is 12.3 Å². The summed E-state index contributed by atoms with van der Waals surface area (Å²) < 4.78 is 25.5. The van der Waals surface area contributed by atoms with Gasteiger partial charge in [-0.15, -0.1) is 30.4 Å². The molecular weight excluding hydrogens is 415 g/mol. The normalized spacial score (nSPS) is 11.2. The Morgan fingerprint density at radius 3 is 2.41 bits per heavy atom. The molecule has 0 aliphatic carbocycles. The van der Waals surface area contributed by atoms with Gasteiger partial charge in [-0.1, -0.05) is 18.1 Å². The molecule has 0 unspecified atom stereocenters. The van der Waals surface area contributed by atoms with Crippen molar-refractivity contribution < 1.29 is 8.42 Å². The van der Waals surface area contributed by atoms with E-state index < -0.39 is 10.0 Å². The van der Waals surface area contributed by atoms with Gasteiger partial charge in [0.05, 0.1) is 18.0 Å². The lowest BCUT2D eigenvalue weighted by Crippen LogP contribution is -2.37. The molecule has 0 heterocycles. The van der Waals surface area contributed by atoms with Crippen molar-refractivity contribution in [1.29, 1.82) is 0 Å². The second kappa shape index (κ2) is 10.4. The third-order valence-corrected chi connectivity index (χ3v) is 4.05. The van der Waals surface area contributed by atoms with Gasteiger partial charge in [0.2, 0.25) is 10.0 Å². The second-order valence-electron chi connectivity index (χ2n) is 4.10. The fourth-order valence-corrected chi connectivity index (χ4v) is 2.27. The van der Waals surface area contributed by atoms with Gasteiger partial charge in [-0.2, -0.15) is 0 Å². The largest absolute Gasteiger partial charge is 0.357 e. The maximum atomic E-state index is 11.6. The topological polar surface area (TPSA) is 82.6 Å². The number of benzene rings is 1. The molecule has 8 heteroatoms. The van der Waals surface area contributed by atoms with Crippen molar-refractivity contribution in [2.24, 2.45) is 4.99 Å². The molecule has 0 aliphatic rings. The Morgan fingerprint density at radius 2 is 1.91 bits per heavy atom. The van der Waals surface area contributed by atoms with Gasteiger partial charge in [0.25, 0.3) is 0 Å². The molecule has 22 heavy (non-hydrogen) atoms. The van der Waals surface area contributed by atoms with E-state index in [0.717, 1.165) is 12.1 Å². The first-order chi connectivity index (χ1) is 10.0. The average Bonchev–Trinajstić information content (AvgIpc) is 2.50. The molecule has 0 aromatic heterocycles. The highest BCUT2D eigenvalue weighted by atomic mass is 127. The summed E-state index contributed by atoms with van der Waals surface area (Å²) in [5.74, 6) is 3.11. The van der Waals surface area contributed by atoms with Crippen molar-refractivity contribution in [3.8, 4) is 12.3 Å². The smallest absolute Gasteiger partial charge is 0.240 e. The minimum atomic E-state index is -3.40. The standard InChI is InChI=1S/C14H20N4O2S.HI/c1-4-10-17-14(16-5-2)18-11-12-6-8-13(9-7-12)21(19,20)15-3;/h1,6-9,15H,5,10-11H2,2-3H3,(H2,16,17,18);1H. The van der Waals surface area contributed by atoms with Crippen molar-refractivity contribution in [3.05, 3.63) is 29.8 Å². The summed E-state index contributed by atoms with van der Waals surface area (Å²) in [5.41, 5.74) is 0.906. The van der Waals surface area contributed by atoms with Crippen LogP contribution in [0.3, 0.4) is 0 Å². The van der Waals surface area contributed by atoms with Gasteiger partial charge < -0.3 is 10.6 Å². The molecule has 0 spiro atoms. The van der Waals surface area contributed by atoms with Gasteiger partial charge >= 0.3 is 0 Å². The Hall–Kier alpha value is -1.31. The van der Waals surface area contributed by atoms with Crippen LogP contribution in [-0.4, -0.2) is 34.5 Å². The molecule has 3 N–H and O–H groups in total. The summed E-state index contributed by atoms with van der Waals surface area (Å²) in [6.07, 6.45) is 5.19. The van der Waals surface area contributed by atoms with Crippen LogP contribution in [0.4, 0.5) is 0 Å². The van der Waals surface area contributed by atoms with Crippen molar-refractivity contribution in [2.75, 3.05) is 20.1 Å². The lowest BCUT2D eigenvalue weighted by molar-refractivity contribution is 0.588. The molecule has 0 aliphatic heterocycles. The van der Waals surface area contributed by atoms with E-state index in [9.17, 15) is 8.42 Å². The summed E-state index contributed by atoms with van der Waals surface area (Å²) in [5, 5.41) is 6.05. The Morgan fingerprint density at radius 1 is 1.27 bits per heavy atom. The van der Waals surface area contributed by atoms with Gasteiger partial charge in [-0.3, -0.25) is 0 Å². The summed E-state index contributed by atoms with van der Waals surface area (Å²) >= 11 is 0. The third-order valence-electron chi connectivity index (χ3n) is 2.62. The van der Waals surface area contributed by atoms with Crippen LogP contribution in [0.15, 0.2) is 34.2 Å². The van der Waals surface area contributed by atoms with Crippen molar-refractivity contribution in [3.63, 3.8) is 0 Å². The number of sulfonamides is 1. The zero-order chi connectivity index (χ0) is 15.7. The minimum Gasteiger partial charge on any atom is -0.357 e. The number of hydrogen-bond acceptors (Lipinski definition) is 3. The van der Waals surface area contributed by atoms with E-state index in [0.29, 0.717) is 19.0 Å². The van der Waals surface area contributed by atoms with Crippen LogP contribution in [0.2, 0.25) is 0 Å². The van der Waals surface area contributed by atoms with E-state index in [1.807, 2.05) is 6.92 Å². The molecular formula is C14H21IN4O2S. The Balaban J connectivity index is 0.00000441. The monoisotopic (exact) mass is 436 g/mol. The number of aliphatic imine (C=N–C) groups is 1. The molecule has 0 bridgehead atoms. The third kappa shape index (κ3) is 6.64. The molecule has 122 valence electrons. The first-order valence-corrected chi connectivity index (χ1v) is 8.00. The van der Waals surface area contributed by atoms with Crippen LogP contribution in [-0.2, 0) is 16.6 Å². The summed E-state index contributed by atoms with van der Waals surface area (Å²) in [6.45, 7) is 3.52. The Bertz CT molecular complexity index is 621. The minimum absolute atomic E-state index is 0. The quantitative estimate of drug-likeness (QED) is 0.268. The first-order valence-electron chi connectivity index (χ1n) is 6.51. The highest BCUT2D eigenvalue weighted by Gasteiger charge is 2.10. The highest BCUT2D eigenvalue weighted by Crippen LogP contribution is 2.10. The number of rotatable bonds is 6. The zero-order valence-electron chi connectivity index (χ0n) is 12.6. The molecule has 0 saturated heterocycles. The molecule has 0 saturated carbocycles. The first kappa shape index (κ1) is 20.7. The maximum absolute atomic E-state index is 11.6. The summed E-state index contributed by atoms with van der Waals surface area (Å²) in [4.78, 5) is 4.60. The van der Waals surface area contributed by atoms with E-state index >= 15 is 0 Å². The van der Waals surface area contributed by atoms with Crippen LogP contribution < -0.4 is 15.4 Å². The molecule has 0 amide bonds. The van der Waals surface area contributed by atoms with Crippen molar-refractivity contribution in [2.45, 2.75) is 18.4 Å². The van der Waals surface area contributed by atoms with Gasteiger partial charge in [0.15, 0.2) is 5.96 Å². The van der Waals surface area contributed by atoms with Crippen LogP contribution in [0.1, 0.15) is 12.5 Å². The van der Waals surface area contributed by atoms with Gasteiger partial charge in [-0.25, -0.2) is 18.1 Å². The van der Waals surface area contributed by atoms with E-state index in [-0.39, 0.29) is 28.9 Å². The summed E-state index contributed by atoms with van der Waals surface area (Å²) in [7, 11) is -2.02. The van der Waals surface area contributed by atoms with Gasteiger partial charge in [0.1, 0.15) is 0 Å². The molecule has 1 rings (SSSR count). The number of nitrogens with one attached hydrogen (secondary N) is 3. The lowest BCUT2D eigenvalue weighted by Gasteiger charge is -2.09. The highest BCUT2D eigenvalue weighted by molar-refractivity contribution is 14.0. The fraction of sp³-hybridized carbons (Fsp3) is 0.357. The molecule has 1 aromatic rings. The Labute approximate surface area is 149 Å². The fourth-order valence-electron chi connectivity index (χ4n) is 1.54. The number of nitrogens with zero attached hydrogens (tertiary/aromatic N) is 1. The molecule has 0 atom stereocenters. The number of halogens is 1. The number of terminal acetylenes is 1. The average molecular weight is 436 g/mol. The van der Waals surface area contributed by atoms with Gasteiger partial charge in [-0.05, 0) is 31.7 Å². The van der Waals surface area contributed by atoms with E-state index in [1.54, 1.807) is 24.3 Å². The Kier molecular flexibility index (Phi) is 9.80. The predicted octanol–water partition coefficient (Wildman–Crippen LogP) is 0.901. The van der Waals surface area contributed by atoms with Gasteiger partial charge in [0, 0.05) is 6.54 Å². The van der Waals surface area contributed by atoms with Crippen LogP contribution in [0.5, 0.6) is 0 Å². The molecule has 0 fully saturated rings. The maximum Gasteiger partial charge on any atom is 0.240 e. The predicted molar refractivity (Wildman–Crippen MR) is 99.8 cm³/mol. The molecule has 0 radical (unpaired) electrons. The summed E-state index contributed by atoms with van der Waals surface area (Å²) in [6, 6.07) is 6.58. The number of hydrogen-bond donors (Lipinski definition) is 3. The number of guanidine groups is 1. The van der Waals surface area contributed by atoms with E-state index in [2.05, 4.69) is 26.3 Å². The molecule has 1 aromatic carbocycles. The molecule has 6 nitrogen and oxygen atoms in total.